The summed E-state index contributed by atoms with van der Waals surface area (Å²) in [6.45, 7) is 1.32. The fourth-order valence-corrected chi connectivity index (χ4v) is 6.65. The van der Waals surface area contributed by atoms with Crippen LogP contribution in [0.25, 0.3) is 10.9 Å². The third-order valence-electron chi connectivity index (χ3n) is 7.86. The van der Waals surface area contributed by atoms with Crippen molar-refractivity contribution in [3.63, 3.8) is 0 Å². The number of hydrogen-bond donors (Lipinski definition) is 1. The first kappa shape index (κ1) is 25.9. The average Bonchev–Trinajstić information content (AvgIpc) is 3.47. The molecule has 1 aromatic carbocycles. The highest BCUT2D eigenvalue weighted by molar-refractivity contribution is 7.88. The Morgan fingerprint density at radius 2 is 1.95 bits per heavy atom. The van der Waals surface area contributed by atoms with E-state index in [0.717, 1.165) is 31.2 Å². The van der Waals surface area contributed by atoms with Crippen LogP contribution in [0.4, 0.5) is 0 Å². The van der Waals surface area contributed by atoms with E-state index in [2.05, 4.69) is 33.0 Å². The van der Waals surface area contributed by atoms with Gasteiger partial charge in [-0.05, 0) is 55.7 Å². The number of piperidine rings is 1. The van der Waals surface area contributed by atoms with Crippen molar-refractivity contribution in [3.8, 4) is 0 Å². The van der Waals surface area contributed by atoms with E-state index < -0.39 is 10.0 Å². The van der Waals surface area contributed by atoms with Crippen molar-refractivity contribution >= 4 is 26.8 Å². The molecule has 0 spiro atoms. The summed E-state index contributed by atoms with van der Waals surface area (Å²) in [5, 5.41) is 5.52. The van der Waals surface area contributed by atoms with Gasteiger partial charge in [0.2, 0.25) is 10.0 Å². The van der Waals surface area contributed by atoms with Gasteiger partial charge < -0.3 is 14.2 Å². The summed E-state index contributed by atoms with van der Waals surface area (Å²) in [4.78, 5) is 19.0. The molecule has 1 saturated carbocycles. The molecule has 1 aliphatic carbocycles. The number of hydrogen-bond acceptors (Lipinski definition) is 6. The van der Waals surface area contributed by atoms with E-state index in [1.165, 1.54) is 17.2 Å². The van der Waals surface area contributed by atoms with Crippen LogP contribution in [-0.2, 0) is 28.9 Å². The van der Waals surface area contributed by atoms with Gasteiger partial charge in [0.1, 0.15) is 0 Å². The van der Waals surface area contributed by atoms with Gasteiger partial charge in [-0.3, -0.25) is 9.48 Å². The SMILES string of the molecule is Cn1ccnc1C(=O)N1CCC(NS(C)(=O)=O)[C@H](COC2CCC(c3ccc4c(cnn4C)c3)CC2)C1. The summed E-state index contributed by atoms with van der Waals surface area (Å²) in [7, 11) is 0.383. The average molecular weight is 529 g/mol. The molecule has 10 nitrogen and oxygen atoms in total. The number of imidazole rings is 1. The number of carbonyl (C=O) groups is 1. The largest absolute Gasteiger partial charge is 0.378 e. The standard InChI is InChI=1S/C26H36N6O4S/c1-30-13-11-27-25(30)26(33)32-12-10-23(29-37(3,34)35)21(16-32)17-36-22-7-4-18(5-8-22)19-6-9-24-20(14-19)15-28-31(24)2/h6,9,11,13-15,18,21-23,29H,4-5,7-8,10,12,16-17H2,1-3H3/t18?,21-,22?,23?/m0/s1. The van der Waals surface area contributed by atoms with Crippen molar-refractivity contribution in [2.45, 2.75) is 50.2 Å². The summed E-state index contributed by atoms with van der Waals surface area (Å²) in [5.74, 6) is 0.626. The molecule has 0 bridgehead atoms. The number of aryl methyl sites for hydroxylation is 2. The fraction of sp³-hybridized carbons (Fsp3) is 0.577. The molecule has 37 heavy (non-hydrogen) atoms. The first-order valence-electron chi connectivity index (χ1n) is 12.9. The molecule has 5 rings (SSSR count). The van der Waals surface area contributed by atoms with Crippen molar-refractivity contribution in [2.24, 2.45) is 20.0 Å². The van der Waals surface area contributed by atoms with Crippen molar-refractivity contribution < 1.29 is 17.9 Å². The quantitative estimate of drug-likeness (QED) is 0.504. The number of nitrogens with zero attached hydrogens (tertiary/aromatic N) is 5. The zero-order valence-corrected chi connectivity index (χ0v) is 22.5. The van der Waals surface area contributed by atoms with Gasteiger partial charge in [0.25, 0.3) is 5.91 Å². The Morgan fingerprint density at radius 3 is 2.65 bits per heavy atom. The molecule has 1 unspecified atom stereocenters. The van der Waals surface area contributed by atoms with E-state index in [-0.39, 0.29) is 24.0 Å². The smallest absolute Gasteiger partial charge is 0.289 e. The number of fused-ring (bicyclic) bond motifs is 1. The number of carbonyl (C=O) groups excluding carboxylic acids is 1. The molecule has 2 aromatic heterocycles. The predicted octanol–water partition coefficient (Wildman–Crippen LogP) is 2.43. The zero-order chi connectivity index (χ0) is 26.2. The van der Waals surface area contributed by atoms with E-state index in [4.69, 9.17) is 4.74 Å². The summed E-state index contributed by atoms with van der Waals surface area (Å²) < 4.78 is 36.7. The van der Waals surface area contributed by atoms with Gasteiger partial charge in [0, 0.05) is 56.9 Å². The lowest BCUT2D eigenvalue weighted by molar-refractivity contribution is -0.0151. The normalized spacial score (nSPS) is 25.0. The minimum absolute atomic E-state index is 0.126. The highest BCUT2D eigenvalue weighted by Crippen LogP contribution is 2.35. The molecule has 2 aliphatic rings. The molecule has 1 amide bonds. The van der Waals surface area contributed by atoms with Crippen LogP contribution in [0, 0.1) is 5.92 Å². The highest BCUT2D eigenvalue weighted by Gasteiger charge is 2.35. The molecule has 1 N–H and O–H groups in total. The molecule has 2 fully saturated rings. The molecule has 2 atom stereocenters. The van der Waals surface area contributed by atoms with Gasteiger partial charge in [-0.15, -0.1) is 0 Å². The Kier molecular flexibility index (Phi) is 7.37. The second-order valence-corrected chi connectivity index (χ2v) is 12.3. The van der Waals surface area contributed by atoms with Crippen molar-refractivity contribution in [3.05, 3.63) is 48.2 Å². The maximum atomic E-state index is 13.0. The lowest BCUT2D eigenvalue weighted by Crippen LogP contribution is -2.54. The number of rotatable bonds is 7. The highest BCUT2D eigenvalue weighted by atomic mass is 32.2. The van der Waals surface area contributed by atoms with Crippen LogP contribution < -0.4 is 4.72 Å². The molecule has 3 aromatic rings. The molecule has 200 valence electrons. The number of likely N-dealkylation sites (tertiary alicyclic amines) is 1. The maximum absolute atomic E-state index is 13.0. The Bertz CT molecular complexity index is 1360. The molecular weight excluding hydrogens is 492 g/mol. The molecule has 1 aliphatic heterocycles. The Balaban J connectivity index is 1.19. The number of ether oxygens (including phenoxy) is 1. The second-order valence-electron chi connectivity index (χ2n) is 10.6. The molecule has 11 heteroatoms. The van der Waals surface area contributed by atoms with Gasteiger partial charge >= 0.3 is 0 Å². The lowest BCUT2D eigenvalue weighted by atomic mass is 9.82. The number of nitrogens with one attached hydrogen (secondary N) is 1. The summed E-state index contributed by atoms with van der Waals surface area (Å²) in [5.41, 5.74) is 2.49. The zero-order valence-electron chi connectivity index (χ0n) is 21.7. The number of benzene rings is 1. The van der Waals surface area contributed by atoms with Gasteiger partial charge in [-0.2, -0.15) is 5.10 Å². The summed E-state index contributed by atoms with van der Waals surface area (Å²) in [6.07, 6.45) is 11.2. The second kappa shape index (κ2) is 10.5. The van der Waals surface area contributed by atoms with E-state index in [9.17, 15) is 13.2 Å². The number of aromatic nitrogens is 4. The predicted molar refractivity (Wildman–Crippen MR) is 141 cm³/mol. The van der Waals surface area contributed by atoms with E-state index in [0.29, 0.717) is 37.9 Å². The van der Waals surface area contributed by atoms with Crippen LogP contribution in [0.2, 0.25) is 0 Å². The lowest BCUT2D eigenvalue weighted by Gasteiger charge is -2.39. The summed E-state index contributed by atoms with van der Waals surface area (Å²) in [6, 6.07) is 6.36. The van der Waals surface area contributed by atoms with E-state index >= 15 is 0 Å². The van der Waals surface area contributed by atoms with Gasteiger partial charge in [-0.25, -0.2) is 18.1 Å². The number of amides is 1. The van der Waals surface area contributed by atoms with Crippen LogP contribution in [0.1, 0.15) is 54.2 Å². The maximum Gasteiger partial charge on any atom is 0.289 e. The van der Waals surface area contributed by atoms with Crippen molar-refractivity contribution in [1.29, 1.82) is 0 Å². The van der Waals surface area contributed by atoms with Gasteiger partial charge in [0.05, 0.1) is 30.7 Å². The first-order valence-corrected chi connectivity index (χ1v) is 14.8. The van der Waals surface area contributed by atoms with Crippen molar-refractivity contribution in [1.82, 2.24) is 29.0 Å². The van der Waals surface area contributed by atoms with E-state index in [1.807, 2.05) is 17.9 Å². The Hall–Kier alpha value is -2.76. The molecular formula is C26H36N6O4S. The van der Waals surface area contributed by atoms with Gasteiger partial charge in [-0.1, -0.05) is 6.07 Å². The minimum Gasteiger partial charge on any atom is -0.378 e. The topological polar surface area (TPSA) is 111 Å². The summed E-state index contributed by atoms with van der Waals surface area (Å²) >= 11 is 0. The van der Waals surface area contributed by atoms with Crippen molar-refractivity contribution in [2.75, 3.05) is 26.0 Å². The fourth-order valence-electron chi connectivity index (χ4n) is 5.79. The van der Waals surface area contributed by atoms with E-state index in [1.54, 1.807) is 28.9 Å². The van der Waals surface area contributed by atoms with Crippen LogP contribution in [0.15, 0.2) is 36.8 Å². The van der Waals surface area contributed by atoms with Crippen LogP contribution in [0.5, 0.6) is 0 Å². The minimum atomic E-state index is -3.37. The molecule has 0 radical (unpaired) electrons. The Morgan fingerprint density at radius 1 is 1.16 bits per heavy atom. The van der Waals surface area contributed by atoms with Crippen LogP contribution >= 0.6 is 0 Å². The van der Waals surface area contributed by atoms with Crippen LogP contribution in [-0.4, -0.2) is 76.7 Å². The molecule has 1 saturated heterocycles. The third kappa shape index (κ3) is 5.89. The first-order chi connectivity index (χ1) is 17.7. The third-order valence-corrected chi connectivity index (χ3v) is 8.59. The molecule has 3 heterocycles. The number of sulfonamides is 1. The Labute approximate surface area is 218 Å². The van der Waals surface area contributed by atoms with Crippen LogP contribution in [0.3, 0.4) is 0 Å². The van der Waals surface area contributed by atoms with Gasteiger partial charge in [0.15, 0.2) is 5.82 Å². The monoisotopic (exact) mass is 528 g/mol.